The number of hydrogen-bond acceptors (Lipinski definition) is 4. The van der Waals surface area contributed by atoms with E-state index in [2.05, 4.69) is 26.2 Å². The number of halogens is 2. The first-order valence-corrected chi connectivity index (χ1v) is 6.76. The Balaban J connectivity index is 2.15. The highest BCUT2D eigenvalue weighted by Crippen LogP contribution is 2.27. The molecule has 0 saturated carbocycles. The Morgan fingerprint density at radius 3 is 2.94 bits per heavy atom. The summed E-state index contributed by atoms with van der Waals surface area (Å²) in [7, 11) is 0. The minimum absolute atomic E-state index is 0.185. The van der Waals surface area contributed by atoms with Crippen molar-refractivity contribution >= 4 is 33.0 Å². The van der Waals surface area contributed by atoms with E-state index >= 15 is 0 Å². The van der Waals surface area contributed by atoms with Crippen LogP contribution in [0.15, 0.2) is 22.8 Å². The van der Waals surface area contributed by atoms with Gasteiger partial charge in [-0.3, -0.25) is 0 Å². The van der Waals surface area contributed by atoms with Crippen LogP contribution in [0.5, 0.6) is 0 Å². The van der Waals surface area contributed by atoms with Crippen molar-refractivity contribution in [3.8, 4) is 6.07 Å². The Morgan fingerprint density at radius 1 is 1.56 bits per heavy atom. The molecule has 18 heavy (non-hydrogen) atoms. The third kappa shape index (κ3) is 2.68. The monoisotopic (exact) mass is 325 g/mol. The molecule has 0 amide bonds. The van der Waals surface area contributed by atoms with E-state index < -0.39 is 5.82 Å². The molecular formula is C12H9BrFN3S. The van der Waals surface area contributed by atoms with Crippen molar-refractivity contribution in [2.45, 2.75) is 13.5 Å². The SMILES string of the molecule is Cc1cnc(CNc2ccc(C#N)c(Br)c2F)s1. The maximum absolute atomic E-state index is 13.9. The van der Waals surface area contributed by atoms with Crippen LogP contribution in [-0.4, -0.2) is 4.98 Å². The molecule has 0 spiro atoms. The van der Waals surface area contributed by atoms with Crippen LogP contribution in [0.4, 0.5) is 10.1 Å². The van der Waals surface area contributed by atoms with Gasteiger partial charge in [-0.2, -0.15) is 5.26 Å². The summed E-state index contributed by atoms with van der Waals surface area (Å²) in [6.45, 7) is 2.44. The van der Waals surface area contributed by atoms with Gasteiger partial charge in [-0.15, -0.1) is 11.3 Å². The molecule has 0 unspecified atom stereocenters. The number of thiazole rings is 1. The van der Waals surface area contributed by atoms with Gasteiger partial charge in [0.1, 0.15) is 11.1 Å². The van der Waals surface area contributed by atoms with Crippen LogP contribution in [0.3, 0.4) is 0 Å². The third-order valence-corrected chi connectivity index (χ3v) is 3.99. The predicted octanol–water partition coefficient (Wildman–Crippen LogP) is 3.84. The summed E-state index contributed by atoms with van der Waals surface area (Å²) in [5.74, 6) is -0.456. The van der Waals surface area contributed by atoms with Crippen molar-refractivity contribution < 1.29 is 4.39 Å². The van der Waals surface area contributed by atoms with Crippen molar-refractivity contribution in [2.24, 2.45) is 0 Å². The molecule has 1 aromatic heterocycles. The number of rotatable bonds is 3. The van der Waals surface area contributed by atoms with Gasteiger partial charge in [0, 0.05) is 11.1 Å². The van der Waals surface area contributed by atoms with Gasteiger partial charge in [0.25, 0.3) is 0 Å². The summed E-state index contributed by atoms with van der Waals surface area (Å²) in [5.41, 5.74) is 0.636. The smallest absolute Gasteiger partial charge is 0.161 e. The highest BCUT2D eigenvalue weighted by Gasteiger charge is 2.11. The van der Waals surface area contributed by atoms with Crippen molar-refractivity contribution in [3.63, 3.8) is 0 Å². The maximum atomic E-state index is 13.9. The fraction of sp³-hybridized carbons (Fsp3) is 0.167. The molecule has 0 aliphatic heterocycles. The third-order valence-electron chi connectivity index (χ3n) is 2.30. The molecule has 1 aromatic carbocycles. The van der Waals surface area contributed by atoms with Gasteiger partial charge in [0.2, 0.25) is 0 Å². The summed E-state index contributed by atoms with van der Waals surface area (Å²) in [5, 5.41) is 12.6. The molecule has 1 heterocycles. The number of aryl methyl sites for hydroxylation is 1. The summed E-state index contributed by atoms with van der Waals surface area (Å²) < 4.78 is 14.1. The lowest BCUT2D eigenvalue weighted by Crippen LogP contribution is -2.02. The molecule has 3 nitrogen and oxygen atoms in total. The van der Waals surface area contributed by atoms with E-state index in [4.69, 9.17) is 5.26 Å². The van der Waals surface area contributed by atoms with Crippen molar-refractivity contribution in [3.05, 3.63) is 44.1 Å². The highest BCUT2D eigenvalue weighted by atomic mass is 79.9. The highest BCUT2D eigenvalue weighted by molar-refractivity contribution is 9.10. The van der Waals surface area contributed by atoms with Crippen molar-refractivity contribution in [2.75, 3.05) is 5.32 Å². The van der Waals surface area contributed by atoms with E-state index in [1.54, 1.807) is 29.7 Å². The van der Waals surface area contributed by atoms with E-state index in [1.165, 1.54) is 0 Å². The van der Waals surface area contributed by atoms with Gasteiger partial charge >= 0.3 is 0 Å². The van der Waals surface area contributed by atoms with E-state index in [-0.39, 0.29) is 10.0 Å². The number of nitrogens with one attached hydrogen (secondary N) is 1. The molecule has 0 saturated heterocycles. The zero-order chi connectivity index (χ0) is 13.1. The Kier molecular flexibility index (Phi) is 3.94. The fourth-order valence-electron chi connectivity index (χ4n) is 1.43. The second-order valence-electron chi connectivity index (χ2n) is 3.62. The molecule has 0 aliphatic carbocycles. The van der Waals surface area contributed by atoms with Crippen LogP contribution >= 0.6 is 27.3 Å². The topological polar surface area (TPSA) is 48.7 Å². The lowest BCUT2D eigenvalue weighted by Gasteiger charge is -2.07. The summed E-state index contributed by atoms with van der Waals surface area (Å²) in [6.07, 6.45) is 1.78. The Labute approximate surface area is 116 Å². The van der Waals surface area contributed by atoms with Crippen LogP contribution in [-0.2, 0) is 6.54 Å². The van der Waals surface area contributed by atoms with Gasteiger partial charge in [0.05, 0.1) is 22.3 Å². The summed E-state index contributed by atoms with van der Waals surface area (Å²) >= 11 is 4.64. The Morgan fingerprint density at radius 2 is 2.33 bits per heavy atom. The quantitative estimate of drug-likeness (QED) is 0.932. The molecular weight excluding hydrogens is 317 g/mol. The minimum Gasteiger partial charge on any atom is -0.376 e. The van der Waals surface area contributed by atoms with Gasteiger partial charge in [-0.1, -0.05) is 0 Å². The molecule has 0 atom stereocenters. The summed E-state index contributed by atoms with van der Waals surface area (Å²) in [6, 6.07) is 5.04. The second-order valence-corrected chi connectivity index (χ2v) is 5.73. The molecule has 2 aromatic rings. The molecule has 0 radical (unpaired) electrons. The van der Waals surface area contributed by atoms with Gasteiger partial charge < -0.3 is 5.32 Å². The number of anilines is 1. The largest absolute Gasteiger partial charge is 0.376 e. The second kappa shape index (κ2) is 5.46. The van der Waals surface area contributed by atoms with Crippen LogP contribution in [0.25, 0.3) is 0 Å². The van der Waals surface area contributed by atoms with Crippen LogP contribution < -0.4 is 5.32 Å². The molecule has 0 bridgehead atoms. The van der Waals surface area contributed by atoms with E-state index in [1.807, 2.05) is 13.0 Å². The standard InChI is InChI=1S/C12H9BrFN3S/c1-7-5-17-10(18-7)6-16-9-3-2-8(4-15)11(13)12(9)14/h2-3,5,16H,6H2,1H3. The molecule has 92 valence electrons. The number of benzene rings is 1. The zero-order valence-corrected chi connectivity index (χ0v) is 11.9. The maximum Gasteiger partial charge on any atom is 0.161 e. The van der Waals surface area contributed by atoms with Crippen LogP contribution in [0.1, 0.15) is 15.4 Å². The lowest BCUT2D eigenvalue weighted by molar-refractivity contribution is 0.623. The van der Waals surface area contributed by atoms with Gasteiger partial charge in [-0.25, -0.2) is 9.37 Å². The number of hydrogen-bond donors (Lipinski definition) is 1. The normalized spacial score (nSPS) is 10.1. The average Bonchev–Trinajstić information content (AvgIpc) is 2.77. The van der Waals surface area contributed by atoms with E-state index in [9.17, 15) is 4.39 Å². The Bertz CT molecular complexity index is 618. The number of nitrogens with zero attached hydrogens (tertiary/aromatic N) is 2. The fourth-order valence-corrected chi connectivity index (χ4v) is 2.59. The first-order valence-electron chi connectivity index (χ1n) is 5.15. The zero-order valence-electron chi connectivity index (χ0n) is 9.50. The van der Waals surface area contributed by atoms with E-state index in [0.29, 0.717) is 12.2 Å². The molecule has 2 rings (SSSR count). The minimum atomic E-state index is -0.456. The van der Waals surface area contributed by atoms with Crippen molar-refractivity contribution in [1.29, 1.82) is 5.26 Å². The molecule has 6 heteroatoms. The van der Waals surface area contributed by atoms with Crippen LogP contribution in [0.2, 0.25) is 0 Å². The number of nitriles is 1. The molecule has 0 aliphatic rings. The summed E-state index contributed by atoms with van der Waals surface area (Å²) in [4.78, 5) is 5.30. The van der Waals surface area contributed by atoms with Crippen LogP contribution in [0, 0.1) is 24.1 Å². The molecule has 1 N–H and O–H groups in total. The van der Waals surface area contributed by atoms with Gasteiger partial charge in [-0.05, 0) is 35.0 Å². The average molecular weight is 326 g/mol. The first kappa shape index (κ1) is 13.0. The van der Waals surface area contributed by atoms with Crippen molar-refractivity contribution in [1.82, 2.24) is 4.98 Å². The molecule has 0 fully saturated rings. The first-order chi connectivity index (χ1) is 8.61. The lowest BCUT2D eigenvalue weighted by atomic mass is 10.2. The van der Waals surface area contributed by atoms with Gasteiger partial charge in [0.15, 0.2) is 5.82 Å². The van der Waals surface area contributed by atoms with E-state index in [0.717, 1.165) is 9.88 Å². The predicted molar refractivity (Wildman–Crippen MR) is 73.0 cm³/mol. The number of aromatic nitrogens is 1. The Hall–Kier alpha value is -1.45.